The molecule has 2 heteroatoms. The van der Waals surface area contributed by atoms with Crippen LogP contribution in [0.15, 0.2) is 4.99 Å². The zero-order valence-corrected chi connectivity index (χ0v) is 5.64. The lowest BCUT2D eigenvalue weighted by atomic mass is 10.1. The van der Waals surface area contributed by atoms with E-state index in [9.17, 15) is 0 Å². The van der Waals surface area contributed by atoms with Crippen molar-refractivity contribution in [2.45, 2.75) is 25.7 Å². The quantitative estimate of drug-likeness (QED) is 0.602. The van der Waals surface area contributed by atoms with Gasteiger partial charge in [-0.05, 0) is 25.7 Å². The van der Waals surface area contributed by atoms with Crippen molar-refractivity contribution in [2.24, 2.45) is 4.99 Å². The van der Waals surface area contributed by atoms with E-state index in [0.717, 1.165) is 19.4 Å². The van der Waals surface area contributed by atoms with Crippen LogP contribution in [0, 0.1) is 0 Å². The first-order valence-electron chi connectivity index (χ1n) is 3.56. The Balaban J connectivity index is 2.11. The Morgan fingerprint density at radius 1 is 1.56 bits per heavy atom. The van der Waals surface area contributed by atoms with Crippen molar-refractivity contribution in [2.75, 3.05) is 13.2 Å². The normalized spacial score (nSPS) is 18.1. The summed E-state index contributed by atoms with van der Waals surface area (Å²) >= 11 is 0. The molecule has 1 aliphatic rings. The van der Waals surface area contributed by atoms with Crippen molar-refractivity contribution in [3.8, 4) is 0 Å². The lowest BCUT2D eigenvalue weighted by Crippen LogP contribution is -1.94. The highest BCUT2D eigenvalue weighted by atomic mass is 16.2. The Hall–Kier alpha value is -0.370. The van der Waals surface area contributed by atoms with Crippen LogP contribution in [0.3, 0.4) is 0 Å². The fourth-order valence-electron chi connectivity index (χ4n) is 1.09. The first kappa shape index (κ1) is 6.75. The molecular weight excluding hydrogens is 114 g/mol. The molecule has 1 rings (SSSR count). The van der Waals surface area contributed by atoms with Crippen LogP contribution in [0.25, 0.3) is 0 Å². The van der Waals surface area contributed by atoms with Crippen LogP contribution < -0.4 is 0 Å². The molecule has 0 fully saturated rings. The zero-order chi connectivity index (χ0) is 6.53. The minimum atomic E-state index is 0.305. The summed E-state index contributed by atoms with van der Waals surface area (Å²) in [5.41, 5.74) is 1.31. The molecule has 9 heavy (non-hydrogen) atoms. The molecule has 1 aliphatic heterocycles. The van der Waals surface area contributed by atoms with Gasteiger partial charge in [-0.2, -0.15) is 0 Å². The molecule has 0 unspecified atom stereocenters. The van der Waals surface area contributed by atoms with Gasteiger partial charge < -0.3 is 5.11 Å². The maximum Gasteiger partial charge on any atom is 0.0434 e. The number of hydrogen-bond donors (Lipinski definition) is 1. The van der Waals surface area contributed by atoms with Crippen molar-refractivity contribution in [1.82, 2.24) is 0 Å². The van der Waals surface area contributed by atoms with Gasteiger partial charge in [-0.25, -0.2) is 0 Å². The van der Waals surface area contributed by atoms with Crippen molar-refractivity contribution in [1.29, 1.82) is 0 Å². The molecule has 0 saturated heterocycles. The molecule has 52 valence electrons. The third kappa shape index (κ3) is 2.14. The van der Waals surface area contributed by atoms with Gasteiger partial charge in [0.1, 0.15) is 0 Å². The first-order valence-corrected chi connectivity index (χ1v) is 3.56. The molecule has 0 bridgehead atoms. The molecule has 0 aliphatic carbocycles. The summed E-state index contributed by atoms with van der Waals surface area (Å²) in [4.78, 5) is 4.28. The summed E-state index contributed by atoms with van der Waals surface area (Å²) in [6, 6.07) is 0. The van der Waals surface area contributed by atoms with Gasteiger partial charge >= 0.3 is 0 Å². The maximum atomic E-state index is 8.47. The minimum absolute atomic E-state index is 0.305. The molecule has 0 saturated carbocycles. The lowest BCUT2D eigenvalue weighted by molar-refractivity contribution is 0.291. The molecule has 0 atom stereocenters. The van der Waals surface area contributed by atoms with E-state index < -0.39 is 0 Å². The predicted octanol–water partition coefficient (Wildman–Crippen LogP) is 0.994. The van der Waals surface area contributed by atoms with Crippen molar-refractivity contribution < 1.29 is 5.11 Å². The second kappa shape index (κ2) is 3.62. The molecule has 0 aromatic heterocycles. The molecule has 1 N–H and O–H groups in total. The monoisotopic (exact) mass is 127 g/mol. The van der Waals surface area contributed by atoms with Crippen LogP contribution in [-0.4, -0.2) is 24.0 Å². The highest BCUT2D eigenvalue weighted by Crippen LogP contribution is 2.07. The standard InChI is InChI=1S/C7H13NO/c9-6-2-4-7-3-1-5-8-7/h9H,1-6H2. The number of aliphatic hydroxyl groups is 1. The number of aliphatic imine (C=N–C) groups is 1. The van der Waals surface area contributed by atoms with E-state index in [-0.39, 0.29) is 0 Å². The minimum Gasteiger partial charge on any atom is -0.396 e. The fraction of sp³-hybridized carbons (Fsp3) is 0.857. The van der Waals surface area contributed by atoms with E-state index in [0.29, 0.717) is 6.61 Å². The van der Waals surface area contributed by atoms with E-state index in [2.05, 4.69) is 4.99 Å². The smallest absolute Gasteiger partial charge is 0.0434 e. The predicted molar refractivity (Wildman–Crippen MR) is 37.9 cm³/mol. The van der Waals surface area contributed by atoms with Crippen molar-refractivity contribution >= 4 is 5.71 Å². The topological polar surface area (TPSA) is 32.6 Å². The summed E-state index contributed by atoms with van der Waals surface area (Å²) in [5, 5.41) is 8.47. The average molecular weight is 127 g/mol. The van der Waals surface area contributed by atoms with Crippen LogP contribution in [0.2, 0.25) is 0 Å². The summed E-state index contributed by atoms with van der Waals surface area (Å²) in [5.74, 6) is 0. The summed E-state index contributed by atoms with van der Waals surface area (Å²) < 4.78 is 0. The van der Waals surface area contributed by atoms with Gasteiger partial charge in [-0.1, -0.05) is 0 Å². The molecule has 1 heterocycles. The lowest BCUT2D eigenvalue weighted by Gasteiger charge is -1.94. The van der Waals surface area contributed by atoms with Gasteiger partial charge in [-0.15, -0.1) is 0 Å². The average Bonchev–Trinajstić information content (AvgIpc) is 2.34. The summed E-state index contributed by atoms with van der Waals surface area (Å²) in [7, 11) is 0. The number of hydrogen-bond acceptors (Lipinski definition) is 2. The molecular formula is C7H13NO. The van der Waals surface area contributed by atoms with E-state index in [4.69, 9.17) is 5.11 Å². The highest BCUT2D eigenvalue weighted by Gasteiger charge is 2.03. The molecule has 0 aromatic carbocycles. The number of nitrogens with zero attached hydrogens (tertiary/aromatic N) is 1. The Kier molecular flexibility index (Phi) is 2.71. The van der Waals surface area contributed by atoms with Crippen LogP contribution in [0.4, 0.5) is 0 Å². The largest absolute Gasteiger partial charge is 0.396 e. The third-order valence-electron chi connectivity index (χ3n) is 1.58. The Morgan fingerprint density at radius 2 is 2.44 bits per heavy atom. The highest BCUT2D eigenvalue weighted by molar-refractivity contribution is 5.85. The molecule has 0 aromatic rings. The second-order valence-electron chi connectivity index (χ2n) is 2.38. The van der Waals surface area contributed by atoms with Gasteiger partial charge in [0.25, 0.3) is 0 Å². The van der Waals surface area contributed by atoms with Crippen molar-refractivity contribution in [3.63, 3.8) is 0 Å². The van der Waals surface area contributed by atoms with Crippen LogP contribution in [-0.2, 0) is 0 Å². The third-order valence-corrected chi connectivity index (χ3v) is 1.58. The molecule has 0 amide bonds. The van der Waals surface area contributed by atoms with Gasteiger partial charge in [0.2, 0.25) is 0 Å². The van der Waals surface area contributed by atoms with Crippen LogP contribution >= 0.6 is 0 Å². The second-order valence-corrected chi connectivity index (χ2v) is 2.38. The van der Waals surface area contributed by atoms with Crippen molar-refractivity contribution in [3.05, 3.63) is 0 Å². The number of rotatable bonds is 3. The summed E-state index contributed by atoms with van der Waals surface area (Å²) in [6.07, 6.45) is 4.29. The molecule has 2 nitrogen and oxygen atoms in total. The van der Waals surface area contributed by atoms with Gasteiger partial charge in [-0.3, -0.25) is 4.99 Å². The van der Waals surface area contributed by atoms with Gasteiger partial charge in [0.15, 0.2) is 0 Å². The fourth-order valence-corrected chi connectivity index (χ4v) is 1.09. The maximum absolute atomic E-state index is 8.47. The van der Waals surface area contributed by atoms with Crippen LogP contribution in [0.5, 0.6) is 0 Å². The SMILES string of the molecule is OCCCC1=NCCC1. The van der Waals surface area contributed by atoms with E-state index >= 15 is 0 Å². The summed E-state index contributed by atoms with van der Waals surface area (Å²) in [6.45, 7) is 1.32. The van der Waals surface area contributed by atoms with Crippen LogP contribution in [0.1, 0.15) is 25.7 Å². The molecule has 0 spiro atoms. The van der Waals surface area contributed by atoms with Gasteiger partial charge in [0.05, 0.1) is 0 Å². The zero-order valence-electron chi connectivity index (χ0n) is 5.64. The Bertz CT molecular complexity index is 109. The number of aliphatic hydroxyl groups excluding tert-OH is 1. The first-order chi connectivity index (χ1) is 4.43. The molecule has 0 radical (unpaired) electrons. The Labute approximate surface area is 55.6 Å². The Morgan fingerprint density at radius 3 is 3.00 bits per heavy atom. The van der Waals surface area contributed by atoms with E-state index in [1.54, 1.807) is 0 Å². The van der Waals surface area contributed by atoms with Gasteiger partial charge in [0, 0.05) is 18.9 Å². The van der Waals surface area contributed by atoms with E-state index in [1.807, 2.05) is 0 Å². The van der Waals surface area contributed by atoms with E-state index in [1.165, 1.54) is 18.6 Å².